The number of alkyl carbamates (subject to hydrolysis) is 1. The minimum Gasteiger partial charge on any atom is -0.444 e. The molecule has 1 amide bonds. The minimum atomic E-state index is -0.720. The number of carbonyl (C=O) groups excluding carboxylic acids is 2. The molecular weight excluding hydrogens is 368 g/mol. The van der Waals surface area contributed by atoms with E-state index in [4.69, 9.17) is 4.74 Å². The second-order valence-electron chi connectivity index (χ2n) is 11.3. The van der Waals surface area contributed by atoms with Crippen LogP contribution in [0.2, 0.25) is 0 Å². The number of rotatable bonds is 4. The lowest BCUT2D eigenvalue weighted by atomic mass is 9.45. The number of nitrogens with zero attached hydrogens (tertiary/aromatic N) is 1. The molecule has 2 N–H and O–H groups in total. The van der Waals surface area contributed by atoms with E-state index in [2.05, 4.69) is 11.4 Å². The van der Waals surface area contributed by atoms with Crippen molar-refractivity contribution >= 4 is 11.9 Å². The van der Waals surface area contributed by atoms with E-state index in [-0.39, 0.29) is 17.6 Å². The number of ether oxygens (including phenoxy) is 1. The molecule has 5 atom stereocenters. The van der Waals surface area contributed by atoms with Crippen molar-refractivity contribution in [2.45, 2.75) is 95.8 Å². The van der Waals surface area contributed by atoms with Gasteiger partial charge in [0.05, 0.1) is 23.6 Å². The molecule has 29 heavy (non-hydrogen) atoms. The topological polar surface area (TPSA) is 99.4 Å². The first kappa shape index (κ1) is 20.7. The van der Waals surface area contributed by atoms with Crippen LogP contribution in [0, 0.1) is 40.4 Å². The van der Waals surface area contributed by atoms with Crippen LogP contribution in [0.5, 0.6) is 0 Å². The molecule has 0 saturated heterocycles. The highest BCUT2D eigenvalue weighted by Gasteiger charge is 2.62. The van der Waals surface area contributed by atoms with Gasteiger partial charge in [0.2, 0.25) is 0 Å². The average Bonchev–Trinajstić information content (AvgIpc) is 3.04. The predicted molar refractivity (Wildman–Crippen MR) is 107 cm³/mol. The van der Waals surface area contributed by atoms with Gasteiger partial charge in [0.15, 0.2) is 5.78 Å². The normalized spacial score (nSPS) is 41.6. The lowest BCUT2D eigenvalue weighted by Gasteiger charge is -2.62. The van der Waals surface area contributed by atoms with Crippen LogP contribution in [0.25, 0.3) is 0 Å². The number of Topliss-reactive ketones (excluding diaryl/α,β-unsaturated/α-hetero) is 1. The van der Waals surface area contributed by atoms with Crippen LogP contribution < -0.4 is 5.32 Å². The summed E-state index contributed by atoms with van der Waals surface area (Å²) in [5.41, 5.74) is -1.79. The van der Waals surface area contributed by atoms with Crippen LogP contribution in [0.15, 0.2) is 0 Å². The van der Waals surface area contributed by atoms with Crippen LogP contribution in [0.3, 0.4) is 0 Å². The molecule has 0 spiro atoms. The molecule has 6 heteroatoms. The number of hydrogen-bond donors (Lipinski definition) is 2. The first-order valence-corrected chi connectivity index (χ1v) is 11.2. The van der Waals surface area contributed by atoms with E-state index in [1.165, 1.54) is 0 Å². The molecule has 5 aliphatic carbocycles. The summed E-state index contributed by atoms with van der Waals surface area (Å²) in [6.07, 6.45) is 6.76. The van der Waals surface area contributed by atoms with Gasteiger partial charge < -0.3 is 15.2 Å². The van der Waals surface area contributed by atoms with Gasteiger partial charge in [0, 0.05) is 11.3 Å². The maximum absolute atomic E-state index is 13.7. The Bertz CT molecular complexity index is 720. The predicted octanol–water partition coefficient (Wildman–Crippen LogP) is 3.72. The van der Waals surface area contributed by atoms with E-state index < -0.39 is 28.8 Å². The molecule has 5 fully saturated rings. The van der Waals surface area contributed by atoms with E-state index in [0.717, 1.165) is 44.9 Å². The summed E-state index contributed by atoms with van der Waals surface area (Å²) in [5.74, 6) is 0.190. The third-order valence-electron chi connectivity index (χ3n) is 7.68. The van der Waals surface area contributed by atoms with E-state index in [9.17, 15) is 20.0 Å². The largest absolute Gasteiger partial charge is 0.444 e. The summed E-state index contributed by atoms with van der Waals surface area (Å²) in [6, 6.07) is 1.62. The Morgan fingerprint density at radius 1 is 1.17 bits per heavy atom. The number of ketones is 1. The van der Waals surface area contributed by atoms with Gasteiger partial charge in [0.1, 0.15) is 5.60 Å². The SMILES string of the molecule is CC(C)(C)OC(=O)NC(C(=O)C1CCCC1C#N)C12CC3CC(CC(O)(C3)C1)C2. The van der Waals surface area contributed by atoms with Gasteiger partial charge >= 0.3 is 6.09 Å². The molecule has 0 aliphatic heterocycles. The van der Waals surface area contributed by atoms with Gasteiger partial charge in [-0.1, -0.05) is 6.42 Å². The van der Waals surface area contributed by atoms with Crippen LogP contribution in [-0.4, -0.2) is 34.2 Å². The standard InChI is InChI=1S/C23H34N2O4/c1-21(2,3)29-20(27)25-19(18(26)17-6-4-5-16(17)12-24)22-8-14-7-15(9-22)11-23(28,10-14)13-22/h14-17,19,28H,4-11,13H2,1-3H3,(H,25,27). The molecule has 160 valence electrons. The fourth-order valence-corrected chi connectivity index (χ4v) is 7.24. The zero-order valence-electron chi connectivity index (χ0n) is 17.9. The molecule has 5 saturated carbocycles. The fraction of sp³-hybridized carbons (Fsp3) is 0.870. The van der Waals surface area contributed by atoms with E-state index in [1.54, 1.807) is 20.8 Å². The van der Waals surface area contributed by atoms with Gasteiger partial charge in [-0.3, -0.25) is 4.79 Å². The second kappa shape index (κ2) is 6.97. The lowest BCUT2D eigenvalue weighted by molar-refractivity contribution is -0.177. The molecule has 0 heterocycles. The monoisotopic (exact) mass is 402 g/mol. The number of nitriles is 1. The lowest BCUT2D eigenvalue weighted by Crippen LogP contribution is -2.65. The quantitative estimate of drug-likeness (QED) is 0.746. The second-order valence-corrected chi connectivity index (χ2v) is 11.3. The van der Waals surface area contributed by atoms with Crippen LogP contribution in [0.4, 0.5) is 4.79 Å². The van der Waals surface area contributed by atoms with Crippen LogP contribution >= 0.6 is 0 Å². The Morgan fingerprint density at radius 2 is 1.83 bits per heavy atom. The average molecular weight is 403 g/mol. The summed E-state index contributed by atoms with van der Waals surface area (Å²) in [4.78, 5) is 26.4. The van der Waals surface area contributed by atoms with Crippen molar-refractivity contribution in [2.75, 3.05) is 0 Å². The van der Waals surface area contributed by atoms with E-state index in [0.29, 0.717) is 24.7 Å². The summed E-state index contributed by atoms with van der Waals surface area (Å²) in [5, 5.41) is 23.6. The molecule has 5 aliphatic rings. The first-order valence-electron chi connectivity index (χ1n) is 11.2. The summed E-state index contributed by atoms with van der Waals surface area (Å²) in [7, 11) is 0. The van der Waals surface area contributed by atoms with Gasteiger partial charge in [-0.15, -0.1) is 0 Å². The highest BCUT2D eigenvalue weighted by atomic mass is 16.6. The number of nitrogens with one attached hydrogen (secondary N) is 1. The van der Waals surface area contributed by atoms with Crippen molar-refractivity contribution < 1.29 is 19.4 Å². The van der Waals surface area contributed by atoms with Gasteiger partial charge in [-0.05, 0) is 84.0 Å². The maximum atomic E-state index is 13.7. The minimum absolute atomic E-state index is 0.0227. The molecular formula is C23H34N2O4. The van der Waals surface area contributed by atoms with Crippen molar-refractivity contribution in [3.63, 3.8) is 0 Å². The number of hydrogen-bond acceptors (Lipinski definition) is 5. The van der Waals surface area contributed by atoms with Crippen LogP contribution in [-0.2, 0) is 9.53 Å². The maximum Gasteiger partial charge on any atom is 0.408 e. The number of aliphatic hydroxyl groups is 1. The Hall–Kier alpha value is -1.61. The molecule has 4 bridgehead atoms. The van der Waals surface area contributed by atoms with Crippen molar-refractivity contribution in [1.29, 1.82) is 5.26 Å². The Morgan fingerprint density at radius 3 is 2.38 bits per heavy atom. The summed E-state index contributed by atoms with van der Waals surface area (Å²) in [6.45, 7) is 5.42. The molecule has 0 radical (unpaired) electrons. The van der Waals surface area contributed by atoms with Crippen molar-refractivity contribution in [3.8, 4) is 6.07 Å². The van der Waals surface area contributed by atoms with Crippen molar-refractivity contribution in [2.24, 2.45) is 29.1 Å². The Kier molecular flexibility index (Phi) is 4.97. The molecule has 5 rings (SSSR count). The summed E-state index contributed by atoms with van der Waals surface area (Å²) >= 11 is 0. The third kappa shape index (κ3) is 3.91. The molecule has 0 aromatic heterocycles. The van der Waals surface area contributed by atoms with Gasteiger partial charge in [0.25, 0.3) is 0 Å². The van der Waals surface area contributed by atoms with Crippen molar-refractivity contribution in [3.05, 3.63) is 0 Å². The summed E-state index contributed by atoms with van der Waals surface area (Å²) < 4.78 is 5.49. The van der Waals surface area contributed by atoms with Gasteiger partial charge in [-0.2, -0.15) is 5.26 Å². The zero-order valence-corrected chi connectivity index (χ0v) is 17.9. The number of amides is 1. The zero-order chi connectivity index (χ0) is 21.0. The fourth-order valence-electron chi connectivity index (χ4n) is 7.24. The highest BCUT2D eigenvalue weighted by molar-refractivity contribution is 5.91. The highest BCUT2D eigenvalue weighted by Crippen LogP contribution is 2.63. The molecule has 0 aromatic carbocycles. The first-order chi connectivity index (χ1) is 13.5. The number of carbonyl (C=O) groups is 2. The van der Waals surface area contributed by atoms with Gasteiger partial charge in [-0.25, -0.2) is 4.79 Å². The third-order valence-corrected chi connectivity index (χ3v) is 7.68. The van der Waals surface area contributed by atoms with Crippen molar-refractivity contribution in [1.82, 2.24) is 5.32 Å². The molecule has 0 aromatic rings. The molecule has 6 nitrogen and oxygen atoms in total. The van der Waals surface area contributed by atoms with E-state index >= 15 is 0 Å². The van der Waals surface area contributed by atoms with E-state index in [1.807, 2.05) is 0 Å². The smallest absolute Gasteiger partial charge is 0.408 e. The Labute approximate surface area is 173 Å². The molecule has 5 unspecified atom stereocenters. The van der Waals surface area contributed by atoms with Crippen LogP contribution in [0.1, 0.15) is 78.6 Å². The Balaban J connectivity index is 1.64.